The molecular formula is C74H54BBrF4N6O2. The van der Waals surface area contributed by atoms with E-state index in [0.29, 0.717) is 61.7 Å². The van der Waals surface area contributed by atoms with E-state index in [9.17, 15) is 8.78 Å². The first-order valence-corrected chi connectivity index (χ1v) is 29.5. The summed E-state index contributed by atoms with van der Waals surface area (Å²) >= 11 is 3.23. The summed E-state index contributed by atoms with van der Waals surface area (Å²) in [6.07, 6.45) is 0. The summed E-state index contributed by atoms with van der Waals surface area (Å²) in [5.41, 5.74) is 9.95. The molecule has 0 bridgehead atoms. The van der Waals surface area contributed by atoms with Gasteiger partial charge in [0.05, 0.1) is 11.2 Å². The zero-order valence-corrected chi connectivity index (χ0v) is 49.8. The van der Waals surface area contributed by atoms with Gasteiger partial charge in [0.1, 0.15) is 0 Å². The lowest BCUT2D eigenvalue weighted by molar-refractivity contribution is 0.00578. The maximum Gasteiger partial charge on any atom is 0.494 e. The topological polar surface area (TPSA) is 95.8 Å². The van der Waals surface area contributed by atoms with E-state index in [0.717, 1.165) is 50.0 Å². The molecule has 8 nitrogen and oxygen atoms in total. The number of fused-ring (bicyclic) bond motifs is 6. The van der Waals surface area contributed by atoms with Gasteiger partial charge >= 0.3 is 7.12 Å². The predicted octanol–water partition coefficient (Wildman–Crippen LogP) is 18.4. The first-order chi connectivity index (χ1) is 42.5. The summed E-state index contributed by atoms with van der Waals surface area (Å²) in [6, 6.07) is 79.0. The normalized spacial score (nSPS) is 14.9. The molecular weight excluding hydrogens is 1170 g/mol. The van der Waals surface area contributed by atoms with Gasteiger partial charge in [0.2, 0.25) is 0 Å². The predicted molar refractivity (Wildman–Crippen MR) is 344 cm³/mol. The van der Waals surface area contributed by atoms with E-state index in [2.05, 4.69) is 43.6 Å². The molecule has 0 atom stereocenters. The summed E-state index contributed by atoms with van der Waals surface area (Å²) < 4.78 is 71.7. The highest BCUT2D eigenvalue weighted by atomic mass is 79.9. The van der Waals surface area contributed by atoms with Crippen LogP contribution in [0.25, 0.3) is 102 Å². The van der Waals surface area contributed by atoms with Crippen molar-refractivity contribution >= 4 is 28.5 Å². The summed E-state index contributed by atoms with van der Waals surface area (Å²) in [6.45, 7) is 8.23. The highest BCUT2D eigenvalue weighted by molar-refractivity contribution is 9.10. The number of aromatic nitrogens is 6. The average molecular weight is 1230 g/mol. The minimum Gasteiger partial charge on any atom is -0.399 e. The van der Waals surface area contributed by atoms with Crippen molar-refractivity contribution in [1.82, 2.24) is 29.9 Å². The van der Waals surface area contributed by atoms with Gasteiger partial charge in [0, 0.05) is 60.1 Å². The second kappa shape index (κ2) is 23.3. The second-order valence-electron chi connectivity index (χ2n) is 22.6. The largest absolute Gasteiger partial charge is 0.494 e. The third-order valence-electron chi connectivity index (χ3n) is 16.4. The third-order valence-corrected chi connectivity index (χ3v) is 16.9. The maximum atomic E-state index is 15.2. The Morgan fingerprint density at radius 1 is 0.295 bits per heavy atom. The van der Waals surface area contributed by atoms with Gasteiger partial charge in [0.25, 0.3) is 11.8 Å². The van der Waals surface area contributed by atoms with Crippen LogP contribution in [0.15, 0.2) is 259 Å². The fraction of sp³-hybridized carbons (Fsp3) is 0.108. The van der Waals surface area contributed by atoms with Crippen LogP contribution in [0.5, 0.6) is 0 Å². The fourth-order valence-corrected chi connectivity index (χ4v) is 11.3. The van der Waals surface area contributed by atoms with Crippen LogP contribution in [-0.2, 0) is 21.2 Å². The monoisotopic (exact) mass is 1220 g/mol. The zero-order valence-electron chi connectivity index (χ0n) is 48.2. The number of halogens is 5. The molecule has 0 saturated carbocycles. The van der Waals surface area contributed by atoms with Crippen LogP contribution in [0, 0.1) is 0 Å². The molecule has 0 unspecified atom stereocenters. The Morgan fingerprint density at radius 3 is 0.966 bits per heavy atom. The van der Waals surface area contributed by atoms with Crippen LogP contribution in [0.4, 0.5) is 17.6 Å². The molecule has 0 spiro atoms. The van der Waals surface area contributed by atoms with Crippen LogP contribution in [0.3, 0.4) is 0 Å². The van der Waals surface area contributed by atoms with Crippen molar-refractivity contribution < 1.29 is 26.9 Å². The molecule has 0 radical (unpaired) electrons. The first-order valence-electron chi connectivity index (χ1n) is 28.7. The summed E-state index contributed by atoms with van der Waals surface area (Å²) in [7, 11) is -0.401. The van der Waals surface area contributed by atoms with E-state index in [1.54, 1.807) is 60.7 Å². The number of alkyl halides is 4. The van der Waals surface area contributed by atoms with Gasteiger partial charge in [-0.3, -0.25) is 0 Å². The fourth-order valence-electron chi connectivity index (χ4n) is 11.0. The summed E-state index contributed by atoms with van der Waals surface area (Å²) in [4.78, 5) is 28.6. The van der Waals surface area contributed by atoms with Gasteiger partial charge in [0.15, 0.2) is 34.9 Å². The highest BCUT2D eigenvalue weighted by Gasteiger charge is 2.52. The van der Waals surface area contributed by atoms with Crippen molar-refractivity contribution in [3.05, 3.63) is 282 Å². The zero-order chi connectivity index (χ0) is 60.8. The Kier molecular flexibility index (Phi) is 15.2. The van der Waals surface area contributed by atoms with E-state index < -0.39 is 19.0 Å². The van der Waals surface area contributed by atoms with Crippen LogP contribution in [-0.4, -0.2) is 48.2 Å². The number of rotatable bonds is 8. The molecule has 1 aliphatic heterocycles. The van der Waals surface area contributed by atoms with Gasteiger partial charge in [-0.2, -0.15) is 17.6 Å². The van der Waals surface area contributed by atoms with Crippen molar-refractivity contribution in [3.8, 4) is 102 Å². The van der Waals surface area contributed by atoms with Crippen LogP contribution < -0.4 is 5.46 Å². The lowest BCUT2D eigenvalue weighted by Gasteiger charge is -2.32. The van der Waals surface area contributed by atoms with Crippen LogP contribution in [0.1, 0.15) is 49.9 Å². The molecule has 15 rings (SSSR count). The molecule has 2 aromatic heterocycles. The number of nitrogens with zero attached hydrogens (tertiary/aromatic N) is 6. The number of hydrogen-bond acceptors (Lipinski definition) is 8. The van der Waals surface area contributed by atoms with Crippen molar-refractivity contribution in [1.29, 1.82) is 0 Å². The van der Waals surface area contributed by atoms with Crippen molar-refractivity contribution in [2.24, 2.45) is 0 Å². The standard InChI is InChI=1S/C34H21F2N3.C27H26BN3O2.C13H7BrF2/c35-34(36)29-14-8-7-13-27(29)28-20-19-26(21-30(28)34)22-15-17-25(18-16-22)33-38-31(23-9-3-1-4-10-23)37-32(39-33)24-11-5-2-6-12-24;1-26(2)27(3,4)33-28(32-26)22-17-15-21(16-18-22)25-30-23(19-11-7-5-8-12-19)29-24(31-25)20-13-9-6-10-14-20;14-8-5-6-10-9-3-1-2-4-11(9)13(15,16)12(10)7-8/h1-21H;5-18H,1-4H3;1-7H. The van der Waals surface area contributed by atoms with Gasteiger partial charge in [-0.05, 0) is 84.7 Å². The number of hydrogen-bond donors (Lipinski definition) is 0. The van der Waals surface area contributed by atoms with Crippen LogP contribution in [0.2, 0.25) is 0 Å². The molecule has 14 heteroatoms. The molecule has 1 fully saturated rings. The molecule has 12 aromatic rings. The third kappa shape index (κ3) is 11.1. The van der Waals surface area contributed by atoms with E-state index in [4.69, 9.17) is 39.2 Å². The van der Waals surface area contributed by atoms with Crippen molar-refractivity contribution in [2.75, 3.05) is 0 Å². The minimum atomic E-state index is -3.02. The van der Waals surface area contributed by atoms with E-state index in [1.165, 1.54) is 18.2 Å². The number of benzene rings is 10. The molecule has 1 saturated heterocycles. The SMILES string of the molecule is CC1(C)OB(c2ccc(-c3nc(-c4ccccc4)nc(-c4ccccc4)n3)cc2)OC1(C)C.FC1(F)c2ccccc2-c2ccc(-c3ccc(-c4nc(-c5ccccc5)nc(-c5ccccc5)n4)cc3)cc21.FC1(F)c2ccccc2-c2ccc(Br)cc21. The minimum absolute atomic E-state index is 0.0442. The van der Waals surface area contributed by atoms with Crippen molar-refractivity contribution in [2.45, 2.75) is 50.7 Å². The van der Waals surface area contributed by atoms with E-state index in [1.807, 2.05) is 176 Å². The molecule has 430 valence electrons. The lowest BCUT2D eigenvalue weighted by Crippen LogP contribution is -2.41. The smallest absolute Gasteiger partial charge is 0.399 e. The van der Waals surface area contributed by atoms with E-state index in [-0.39, 0.29) is 33.5 Å². The Hall–Kier alpha value is -9.60. The summed E-state index contributed by atoms with van der Waals surface area (Å²) in [5, 5.41) is 0. The average Bonchev–Trinajstić information content (AvgIpc) is 1.92. The summed E-state index contributed by atoms with van der Waals surface area (Å²) in [5.74, 6) is -2.25. The lowest BCUT2D eigenvalue weighted by atomic mass is 9.79. The van der Waals surface area contributed by atoms with Gasteiger partial charge in [-0.15, -0.1) is 0 Å². The van der Waals surface area contributed by atoms with E-state index >= 15 is 8.78 Å². The Bertz CT molecular complexity index is 4400. The van der Waals surface area contributed by atoms with Crippen molar-refractivity contribution in [3.63, 3.8) is 0 Å². The van der Waals surface area contributed by atoms with Gasteiger partial charge < -0.3 is 9.31 Å². The molecule has 3 aliphatic rings. The Labute approximate surface area is 516 Å². The highest BCUT2D eigenvalue weighted by Crippen LogP contribution is 2.53. The molecule has 88 heavy (non-hydrogen) atoms. The van der Waals surface area contributed by atoms with Gasteiger partial charge in [-0.25, -0.2) is 29.9 Å². The van der Waals surface area contributed by atoms with Gasteiger partial charge in [-0.1, -0.05) is 253 Å². The molecule has 0 N–H and O–H groups in total. The maximum absolute atomic E-state index is 15.2. The second-order valence-corrected chi connectivity index (χ2v) is 23.5. The molecule has 3 heterocycles. The van der Waals surface area contributed by atoms with Crippen LogP contribution >= 0.6 is 15.9 Å². The Morgan fingerprint density at radius 2 is 0.580 bits per heavy atom. The Balaban J connectivity index is 0.000000132. The molecule has 2 aliphatic carbocycles. The molecule has 0 amide bonds. The quantitative estimate of drug-likeness (QED) is 0.110. The first kappa shape index (κ1) is 57.5. The molecule has 10 aromatic carbocycles.